The minimum Gasteiger partial charge on any atom is -0.368 e. The molecule has 0 heterocycles. The topological polar surface area (TPSA) is 197 Å². The van der Waals surface area contributed by atoms with Crippen LogP contribution in [0, 0.1) is 23.1 Å². The molecule has 7 N–H and O–H groups in total. The molecular formula is C27H31FN6O5. The summed E-state index contributed by atoms with van der Waals surface area (Å²) < 4.78 is 13.7. The van der Waals surface area contributed by atoms with Gasteiger partial charge in [-0.25, -0.2) is 4.39 Å². The van der Waals surface area contributed by atoms with E-state index in [0.29, 0.717) is 11.1 Å². The van der Waals surface area contributed by atoms with Crippen molar-refractivity contribution in [2.45, 2.75) is 45.3 Å². The molecule has 2 rings (SSSR count). The molecule has 39 heavy (non-hydrogen) atoms. The number of hydrogen-bond donors (Lipinski definition) is 5. The number of rotatable bonds is 12. The zero-order valence-corrected chi connectivity index (χ0v) is 21.8. The van der Waals surface area contributed by atoms with E-state index in [2.05, 4.69) is 16.0 Å². The largest absolute Gasteiger partial charge is 0.368 e. The van der Waals surface area contributed by atoms with Crippen molar-refractivity contribution in [3.05, 3.63) is 70.5 Å². The van der Waals surface area contributed by atoms with Crippen molar-refractivity contribution in [1.29, 1.82) is 5.26 Å². The maximum Gasteiger partial charge on any atom is 0.251 e. The van der Waals surface area contributed by atoms with Crippen LogP contribution in [0.25, 0.3) is 0 Å². The molecule has 0 radical (unpaired) electrons. The molecule has 0 aromatic heterocycles. The molecule has 0 aliphatic carbocycles. The SMILES string of the molecule is CC(C)[C@H](NC(=O)c1ccc(F)c(C#N)c1)C(=O)N[C@@H](Cc1ccc(C(=O)[C@H](C)N)cc1)C(=O)NCC(N)=O. The van der Waals surface area contributed by atoms with E-state index >= 15 is 0 Å². The Kier molecular flexibility index (Phi) is 10.8. The van der Waals surface area contributed by atoms with Gasteiger partial charge in [-0.1, -0.05) is 38.1 Å². The van der Waals surface area contributed by atoms with Gasteiger partial charge in [0.1, 0.15) is 24.0 Å². The van der Waals surface area contributed by atoms with Crippen LogP contribution in [-0.4, -0.2) is 54.1 Å². The smallest absolute Gasteiger partial charge is 0.251 e. The Hall–Kier alpha value is -4.63. The number of nitrogens with one attached hydrogen (secondary N) is 3. The first kappa shape index (κ1) is 30.6. The van der Waals surface area contributed by atoms with E-state index in [1.54, 1.807) is 51.1 Å². The van der Waals surface area contributed by atoms with Crippen LogP contribution in [0.4, 0.5) is 4.39 Å². The summed E-state index contributed by atoms with van der Waals surface area (Å²) in [6.07, 6.45) is -0.00869. The second-order valence-electron chi connectivity index (χ2n) is 9.30. The van der Waals surface area contributed by atoms with Gasteiger partial charge >= 0.3 is 0 Å². The second kappa shape index (κ2) is 13.8. The Morgan fingerprint density at radius 1 is 0.949 bits per heavy atom. The monoisotopic (exact) mass is 538 g/mol. The van der Waals surface area contributed by atoms with Crippen molar-refractivity contribution in [3.8, 4) is 6.07 Å². The number of halogens is 1. The number of benzene rings is 2. The molecule has 0 saturated heterocycles. The molecule has 11 nitrogen and oxygen atoms in total. The lowest BCUT2D eigenvalue weighted by atomic mass is 9.98. The normalized spacial score (nSPS) is 12.9. The summed E-state index contributed by atoms with van der Waals surface area (Å²) >= 11 is 0. The molecular weight excluding hydrogens is 507 g/mol. The van der Waals surface area contributed by atoms with Gasteiger partial charge in [-0.2, -0.15) is 5.26 Å². The Morgan fingerprint density at radius 2 is 1.56 bits per heavy atom. The van der Waals surface area contributed by atoms with Crippen LogP contribution >= 0.6 is 0 Å². The summed E-state index contributed by atoms with van der Waals surface area (Å²) in [5, 5.41) is 16.5. The van der Waals surface area contributed by atoms with Crippen LogP contribution < -0.4 is 27.4 Å². The number of ketones is 1. The fourth-order valence-electron chi connectivity index (χ4n) is 3.58. The number of carbonyl (C=O) groups excluding carboxylic acids is 5. The van der Waals surface area contributed by atoms with Gasteiger partial charge in [-0.15, -0.1) is 0 Å². The zero-order chi connectivity index (χ0) is 29.3. The van der Waals surface area contributed by atoms with E-state index in [-0.39, 0.29) is 23.3 Å². The quantitative estimate of drug-likeness (QED) is 0.240. The minimum atomic E-state index is -1.17. The van der Waals surface area contributed by atoms with Crippen LogP contribution in [0.2, 0.25) is 0 Å². The highest BCUT2D eigenvalue weighted by Gasteiger charge is 2.29. The highest BCUT2D eigenvalue weighted by Crippen LogP contribution is 2.13. The van der Waals surface area contributed by atoms with Crippen molar-refractivity contribution in [1.82, 2.24) is 16.0 Å². The maximum absolute atomic E-state index is 13.7. The summed E-state index contributed by atoms with van der Waals surface area (Å²) in [5.74, 6) is -4.35. The fourth-order valence-corrected chi connectivity index (χ4v) is 3.58. The molecule has 3 atom stereocenters. The molecule has 2 aromatic carbocycles. The lowest BCUT2D eigenvalue weighted by Gasteiger charge is -2.25. The number of carbonyl (C=O) groups is 5. The van der Waals surface area contributed by atoms with Crippen LogP contribution in [-0.2, 0) is 20.8 Å². The molecule has 0 bridgehead atoms. The van der Waals surface area contributed by atoms with E-state index in [9.17, 15) is 28.4 Å². The molecule has 4 amide bonds. The molecule has 0 unspecified atom stereocenters. The van der Waals surface area contributed by atoms with Crippen LogP contribution in [0.1, 0.15) is 52.6 Å². The molecule has 2 aromatic rings. The minimum absolute atomic E-state index is 0.00869. The summed E-state index contributed by atoms with van der Waals surface area (Å²) in [5.41, 5.74) is 11.4. The number of amides is 4. The third-order valence-electron chi connectivity index (χ3n) is 5.75. The number of nitrogens with zero attached hydrogens (tertiary/aromatic N) is 1. The van der Waals surface area contributed by atoms with Crippen molar-refractivity contribution in [2.24, 2.45) is 17.4 Å². The average molecular weight is 539 g/mol. The predicted molar refractivity (Wildman–Crippen MR) is 139 cm³/mol. The van der Waals surface area contributed by atoms with Crippen molar-refractivity contribution in [2.75, 3.05) is 6.54 Å². The van der Waals surface area contributed by atoms with E-state index in [1.807, 2.05) is 0 Å². The number of Topliss-reactive ketones (excluding diaryl/α,β-unsaturated/α-hetero) is 1. The third-order valence-corrected chi connectivity index (χ3v) is 5.75. The lowest BCUT2D eigenvalue weighted by molar-refractivity contribution is -0.131. The number of nitriles is 1. The van der Waals surface area contributed by atoms with Gasteiger partial charge in [0.05, 0.1) is 18.2 Å². The Balaban J connectivity index is 2.25. The maximum atomic E-state index is 13.7. The van der Waals surface area contributed by atoms with E-state index in [1.165, 1.54) is 6.07 Å². The highest BCUT2D eigenvalue weighted by molar-refractivity contribution is 6.00. The van der Waals surface area contributed by atoms with E-state index in [4.69, 9.17) is 16.7 Å². The van der Waals surface area contributed by atoms with Gasteiger partial charge in [0.15, 0.2) is 5.78 Å². The van der Waals surface area contributed by atoms with Gasteiger partial charge in [-0.3, -0.25) is 24.0 Å². The highest BCUT2D eigenvalue weighted by atomic mass is 19.1. The summed E-state index contributed by atoms with van der Waals surface area (Å²) in [6.45, 7) is 4.45. The second-order valence-corrected chi connectivity index (χ2v) is 9.30. The zero-order valence-electron chi connectivity index (χ0n) is 21.8. The van der Waals surface area contributed by atoms with Gasteiger partial charge in [0.2, 0.25) is 17.7 Å². The summed E-state index contributed by atoms with van der Waals surface area (Å²) in [6, 6.07) is 8.24. The first-order valence-corrected chi connectivity index (χ1v) is 12.1. The molecule has 12 heteroatoms. The average Bonchev–Trinajstić information content (AvgIpc) is 2.89. The predicted octanol–water partition coefficient (Wildman–Crippen LogP) is 0.311. The standard InChI is InChI=1S/C27H31FN6O5/c1-14(2)23(34-25(37)18-8-9-20(28)19(11-18)12-29)27(39)33-21(26(38)32-13-22(31)35)10-16-4-6-17(7-5-16)24(36)15(3)30/h4-9,11,14-15,21,23H,10,13,30H2,1-3H3,(H2,31,35)(H,32,38)(H,33,39)(H,34,37)/t15-,21-,23-/m0/s1. The Labute approximate surface area is 225 Å². The first-order chi connectivity index (χ1) is 18.3. The van der Waals surface area contributed by atoms with E-state index < -0.39 is 60.0 Å². The number of nitrogens with two attached hydrogens (primary N) is 2. The van der Waals surface area contributed by atoms with Gasteiger partial charge in [0, 0.05) is 17.5 Å². The van der Waals surface area contributed by atoms with Gasteiger partial charge in [-0.05, 0) is 36.6 Å². The fraction of sp³-hybridized carbons (Fsp3) is 0.333. The van der Waals surface area contributed by atoms with Gasteiger partial charge < -0.3 is 27.4 Å². The molecule has 0 aliphatic heterocycles. The van der Waals surface area contributed by atoms with Crippen molar-refractivity contribution >= 4 is 29.4 Å². The van der Waals surface area contributed by atoms with Crippen molar-refractivity contribution < 1.29 is 28.4 Å². The van der Waals surface area contributed by atoms with Crippen LogP contribution in [0.3, 0.4) is 0 Å². The Bertz CT molecular complexity index is 1290. The first-order valence-electron chi connectivity index (χ1n) is 12.1. The number of primary amides is 1. The molecule has 206 valence electrons. The summed E-state index contributed by atoms with van der Waals surface area (Å²) in [4.78, 5) is 62.1. The molecule has 0 fully saturated rings. The van der Waals surface area contributed by atoms with Crippen LogP contribution in [0.5, 0.6) is 0 Å². The van der Waals surface area contributed by atoms with Crippen molar-refractivity contribution in [3.63, 3.8) is 0 Å². The van der Waals surface area contributed by atoms with E-state index in [0.717, 1.165) is 12.1 Å². The van der Waals surface area contributed by atoms with Crippen LogP contribution in [0.15, 0.2) is 42.5 Å². The number of hydrogen-bond acceptors (Lipinski definition) is 7. The lowest BCUT2D eigenvalue weighted by Crippen LogP contribution is -2.56. The Morgan fingerprint density at radius 3 is 2.10 bits per heavy atom. The molecule has 0 spiro atoms. The molecule has 0 saturated carbocycles. The third kappa shape index (κ3) is 8.72. The molecule has 0 aliphatic rings. The summed E-state index contributed by atoms with van der Waals surface area (Å²) in [7, 11) is 0. The van der Waals surface area contributed by atoms with Gasteiger partial charge in [0.25, 0.3) is 5.91 Å².